The van der Waals surface area contributed by atoms with Gasteiger partial charge in [-0.05, 0) is 55.5 Å². The summed E-state index contributed by atoms with van der Waals surface area (Å²) in [7, 11) is 0. The maximum atomic E-state index is 13.0. The van der Waals surface area contributed by atoms with Gasteiger partial charge in [0.2, 0.25) is 5.89 Å². The number of oxazole rings is 1. The van der Waals surface area contributed by atoms with E-state index in [4.69, 9.17) is 13.9 Å². The van der Waals surface area contributed by atoms with Crippen molar-refractivity contribution in [3.63, 3.8) is 0 Å². The van der Waals surface area contributed by atoms with Crippen LogP contribution in [-0.2, 0) is 26.1 Å². The Balaban J connectivity index is 1.16. The van der Waals surface area contributed by atoms with Gasteiger partial charge in [0.05, 0.1) is 24.3 Å². The second kappa shape index (κ2) is 12.2. The summed E-state index contributed by atoms with van der Waals surface area (Å²) in [5.41, 5.74) is 4.11. The number of nitrogens with zero attached hydrogens (tertiary/aromatic N) is 2. The molecular formula is C33H34N2O5. The Bertz CT molecular complexity index is 1420. The number of carbonyl (C=O) groups excluding carboxylic acids is 2. The molecule has 1 amide bonds. The lowest BCUT2D eigenvalue weighted by molar-refractivity contribution is -0.152. The van der Waals surface area contributed by atoms with Crippen molar-refractivity contribution in [1.82, 2.24) is 9.88 Å². The minimum atomic E-state index is -0.748. The molecule has 4 aromatic rings. The second-order valence-electron chi connectivity index (χ2n) is 9.99. The average molecular weight is 539 g/mol. The number of amides is 1. The van der Waals surface area contributed by atoms with Crippen LogP contribution in [0.2, 0.25) is 0 Å². The van der Waals surface area contributed by atoms with E-state index in [1.807, 2.05) is 74.5 Å². The number of hydrogen-bond acceptors (Lipinski definition) is 6. The molecule has 0 aliphatic carbocycles. The van der Waals surface area contributed by atoms with Crippen LogP contribution in [0.3, 0.4) is 0 Å². The molecular weight excluding hydrogens is 504 g/mol. The summed E-state index contributed by atoms with van der Waals surface area (Å²) < 4.78 is 16.9. The number of esters is 1. The van der Waals surface area contributed by atoms with E-state index in [1.165, 1.54) is 0 Å². The van der Waals surface area contributed by atoms with Gasteiger partial charge >= 0.3 is 12.1 Å². The largest absolute Gasteiger partial charge is 0.465 e. The van der Waals surface area contributed by atoms with Crippen molar-refractivity contribution in [3.8, 4) is 22.6 Å². The van der Waals surface area contributed by atoms with Crippen molar-refractivity contribution in [3.05, 3.63) is 102 Å². The van der Waals surface area contributed by atoms with E-state index in [2.05, 4.69) is 29.2 Å². The summed E-state index contributed by atoms with van der Waals surface area (Å²) in [5.74, 6) is 1.02. The molecule has 0 saturated carbocycles. The molecule has 0 bridgehead atoms. The van der Waals surface area contributed by atoms with E-state index in [0.717, 1.165) is 27.9 Å². The highest BCUT2D eigenvalue weighted by Gasteiger charge is 2.45. The van der Waals surface area contributed by atoms with Gasteiger partial charge in [0, 0.05) is 25.1 Å². The van der Waals surface area contributed by atoms with Gasteiger partial charge in [-0.15, -0.1) is 0 Å². The summed E-state index contributed by atoms with van der Waals surface area (Å²) in [6.45, 7) is 5.02. The average Bonchev–Trinajstić information content (AvgIpc) is 3.38. The van der Waals surface area contributed by atoms with Crippen LogP contribution in [-0.4, -0.2) is 48.2 Å². The van der Waals surface area contributed by atoms with Gasteiger partial charge in [-0.1, -0.05) is 72.8 Å². The van der Waals surface area contributed by atoms with Crippen LogP contribution in [0.15, 0.2) is 89.3 Å². The van der Waals surface area contributed by atoms with Gasteiger partial charge in [-0.3, -0.25) is 4.79 Å². The predicted molar refractivity (Wildman–Crippen MR) is 153 cm³/mol. The molecule has 1 fully saturated rings. The van der Waals surface area contributed by atoms with Crippen molar-refractivity contribution >= 4 is 12.1 Å². The lowest BCUT2D eigenvalue weighted by Gasteiger charge is -2.39. The fraction of sp³-hybridized carbons (Fsp3) is 0.303. The van der Waals surface area contributed by atoms with Gasteiger partial charge in [-0.2, -0.15) is 0 Å². The first-order valence-corrected chi connectivity index (χ1v) is 13.8. The minimum Gasteiger partial charge on any atom is -0.465 e. The number of aryl methyl sites for hydroxylation is 1. The topological polar surface area (TPSA) is 81.9 Å². The molecule has 0 atom stereocenters. The lowest BCUT2D eigenvalue weighted by Crippen LogP contribution is -2.49. The normalized spacial score (nSPS) is 14.5. The molecule has 1 aliphatic heterocycles. The molecule has 40 heavy (non-hydrogen) atoms. The Morgan fingerprint density at radius 3 is 2.10 bits per heavy atom. The summed E-state index contributed by atoms with van der Waals surface area (Å²) in [6.07, 6.45) is 1.04. The third kappa shape index (κ3) is 5.78. The Morgan fingerprint density at radius 1 is 0.850 bits per heavy atom. The zero-order chi connectivity index (χ0) is 28.0. The molecule has 7 nitrogen and oxygen atoms in total. The highest BCUT2D eigenvalue weighted by atomic mass is 16.6. The van der Waals surface area contributed by atoms with Crippen LogP contribution in [0.4, 0.5) is 4.79 Å². The third-order valence-corrected chi connectivity index (χ3v) is 7.56. The first-order chi connectivity index (χ1) is 19.5. The second-order valence-corrected chi connectivity index (χ2v) is 9.99. The lowest BCUT2D eigenvalue weighted by atomic mass is 9.73. The number of benzene rings is 3. The van der Waals surface area contributed by atoms with Crippen LogP contribution in [0.1, 0.15) is 36.8 Å². The molecule has 1 aliphatic rings. The van der Waals surface area contributed by atoms with E-state index in [0.29, 0.717) is 50.6 Å². The highest BCUT2D eigenvalue weighted by Crippen LogP contribution is 2.37. The monoisotopic (exact) mass is 538 g/mol. The van der Waals surface area contributed by atoms with Crippen molar-refractivity contribution in [2.45, 2.75) is 38.5 Å². The standard InChI is InChI=1S/C33H34N2O5/c1-3-38-31(36)33(28-12-8-5-9-13-28)19-21-35(22-20-33)32(37)39-23-18-29-24(2)40-30(34-29)27-16-14-26(15-17-27)25-10-6-4-7-11-25/h4-17H,3,18-23H2,1-2H3. The molecule has 7 heteroatoms. The molecule has 1 saturated heterocycles. The number of aromatic nitrogens is 1. The van der Waals surface area contributed by atoms with Gasteiger partial charge < -0.3 is 18.8 Å². The van der Waals surface area contributed by atoms with Crippen LogP contribution in [0.25, 0.3) is 22.6 Å². The van der Waals surface area contributed by atoms with Crippen molar-refractivity contribution in [2.24, 2.45) is 0 Å². The van der Waals surface area contributed by atoms with Crippen molar-refractivity contribution < 1.29 is 23.5 Å². The zero-order valence-electron chi connectivity index (χ0n) is 23.0. The van der Waals surface area contributed by atoms with Crippen molar-refractivity contribution in [2.75, 3.05) is 26.3 Å². The van der Waals surface area contributed by atoms with Crippen LogP contribution < -0.4 is 0 Å². The number of piperidine rings is 1. The molecule has 5 rings (SSSR count). The van der Waals surface area contributed by atoms with E-state index in [9.17, 15) is 9.59 Å². The number of rotatable bonds is 8. The van der Waals surface area contributed by atoms with Crippen LogP contribution in [0, 0.1) is 6.92 Å². The fourth-order valence-electron chi connectivity index (χ4n) is 5.25. The van der Waals surface area contributed by atoms with Gasteiger partial charge in [0.25, 0.3) is 0 Å². The van der Waals surface area contributed by atoms with E-state index in [1.54, 1.807) is 4.90 Å². The molecule has 0 unspecified atom stereocenters. The fourth-order valence-corrected chi connectivity index (χ4v) is 5.25. The maximum Gasteiger partial charge on any atom is 0.409 e. The Morgan fingerprint density at radius 2 is 1.45 bits per heavy atom. The summed E-state index contributed by atoms with van der Waals surface area (Å²) in [5, 5.41) is 0. The van der Waals surface area contributed by atoms with Crippen LogP contribution >= 0.6 is 0 Å². The first kappa shape index (κ1) is 27.2. The zero-order valence-corrected chi connectivity index (χ0v) is 23.0. The summed E-state index contributed by atoms with van der Waals surface area (Å²) in [6, 6.07) is 28.0. The molecule has 206 valence electrons. The Kier molecular flexibility index (Phi) is 8.29. The SMILES string of the molecule is CCOC(=O)C1(c2ccccc2)CCN(C(=O)OCCc2nc(-c3ccc(-c4ccccc4)cc3)oc2C)CC1. The maximum absolute atomic E-state index is 13.0. The van der Waals surface area contributed by atoms with E-state index >= 15 is 0 Å². The number of hydrogen-bond donors (Lipinski definition) is 0. The molecule has 2 heterocycles. The number of likely N-dealkylation sites (tertiary alicyclic amines) is 1. The highest BCUT2D eigenvalue weighted by molar-refractivity contribution is 5.84. The molecule has 3 aromatic carbocycles. The van der Waals surface area contributed by atoms with Gasteiger partial charge in [0.1, 0.15) is 5.76 Å². The smallest absolute Gasteiger partial charge is 0.409 e. The van der Waals surface area contributed by atoms with E-state index < -0.39 is 5.41 Å². The first-order valence-electron chi connectivity index (χ1n) is 13.8. The minimum absolute atomic E-state index is 0.191. The molecule has 1 aromatic heterocycles. The summed E-state index contributed by atoms with van der Waals surface area (Å²) >= 11 is 0. The third-order valence-electron chi connectivity index (χ3n) is 7.56. The molecule has 0 N–H and O–H groups in total. The number of ether oxygens (including phenoxy) is 2. The summed E-state index contributed by atoms with van der Waals surface area (Å²) in [4.78, 5) is 32.1. The Labute approximate surface area is 234 Å². The molecule has 0 radical (unpaired) electrons. The quantitative estimate of drug-likeness (QED) is 0.235. The van der Waals surface area contributed by atoms with Crippen LogP contribution in [0.5, 0.6) is 0 Å². The predicted octanol–water partition coefficient (Wildman–Crippen LogP) is 6.59. The van der Waals surface area contributed by atoms with Gasteiger partial charge in [0.15, 0.2) is 0 Å². The molecule has 0 spiro atoms. The van der Waals surface area contributed by atoms with Crippen molar-refractivity contribution in [1.29, 1.82) is 0 Å². The Hall–Kier alpha value is -4.39. The van der Waals surface area contributed by atoms with Gasteiger partial charge in [-0.25, -0.2) is 9.78 Å². The number of carbonyl (C=O) groups is 2. The van der Waals surface area contributed by atoms with E-state index in [-0.39, 0.29) is 18.7 Å².